The Bertz CT molecular complexity index is 607. The summed E-state index contributed by atoms with van der Waals surface area (Å²) in [6.45, 7) is 4.71. The maximum atomic E-state index is 12.4. The van der Waals surface area contributed by atoms with E-state index in [4.69, 9.17) is 0 Å². The van der Waals surface area contributed by atoms with E-state index in [-0.39, 0.29) is 30.2 Å². The molecule has 2 amide bonds. The van der Waals surface area contributed by atoms with Crippen LogP contribution in [0.4, 0.5) is 5.69 Å². The van der Waals surface area contributed by atoms with Gasteiger partial charge < -0.3 is 15.5 Å². The molecule has 5 nitrogen and oxygen atoms in total. The Morgan fingerprint density at radius 3 is 2.56 bits per heavy atom. The van der Waals surface area contributed by atoms with Crippen molar-refractivity contribution in [2.24, 2.45) is 5.92 Å². The second-order valence-corrected chi connectivity index (χ2v) is 7.54. The molecule has 2 rings (SSSR count). The highest BCUT2D eigenvalue weighted by Gasteiger charge is 2.24. The van der Waals surface area contributed by atoms with Gasteiger partial charge in [-0.2, -0.15) is 0 Å². The van der Waals surface area contributed by atoms with E-state index < -0.39 is 0 Å². The first-order chi connectivity index (χ1) is 11.8. The van der Waals surface area contributed by atoms with E-state index in [0.717, 1.165) is 43.5 Å². The first-order valence-corrected chi connectivity index (χ1v) is 9.19. The van der Waals surface area contributed by atoms with E-state index in [0.29, 0.717) is 0 Å². The van der Waals surface area contributed by atoms with Crippen molar-refractivity contribution in [1.29, 1.82) is 0 Å². The van der Waals surface area contributed by atoms with Gasteiger partial charge in [-0.3, -0.25) is 9.59 Å². The minimum atomic E-state index is -0.157. The van der Waals surface area contributed by atoms with Gasteiger partial charge in [-0.1, -0.05) is 30.5 Å². The van der Waals surface area contributed by atoms with Gasteiger partial charge in [0.25, 0.3) is 0 Å². The molecule has 5 heteroatoms. The molecular weight excluding hydrogens is 314 g/mol. The number of amides is 2. The summed E-state index contributed by atoms with van der Waals surface area (Å²) in [6.07, 6.45) is 4.50. The molecule has 1 aliphatic carbocycles. The third-order valence-electron chi connectivity index (χ3n) is 4.63. The second kappa shape index (κ2) is 8.99. The summed E-state index contributed by atoms with van der Waals surface area (Å²) in [7, 11) is 4.02. The van der Waals surface area contributed by atoms with Gasteiger partial charge in [-0.25, -0.2) is 0 Å². The van der Waals surface area contributed by atoms with Crippen molar-refractivity contribution in [2.45, 2.75) is 58.5 Å². The molecule has 1 aromatic rings. The molecule has 2 N–H and O–H groups in total. The molecule has 0 saturated heterocycles. The number of hydrogen-bond acceptors (Lipinski definition) is 3. The average molecular weight is 345 g/mol. The van der Waals surface area contributed by atoms with Gasteiger partial charge in [0.05, 0.1) is 0 Å². The molecule has 0 spiro atoms. The summed E-state index contributed by atoms with van der Waals surface area (Å²) in [5.74, 6) is 0.166. The van der Waals surface area contributed by atoms with Gasteiger partial charge in [0, 0.05) is 30.6 Å². The summed E-state index contributed by atoms with van der Waals surface area (Å²) in [5, 5.41) is 5.99. The van der Waals surface area contributed by atoms with Crippen LogP contribution in [0.5, 0.6) is 0 Å². The zero-order valence-corrected chi connectivity index (χ0v) is 15.9. The second-order valence-electron chi connectivity index (χ2n) is 7.54. The molecule has 1 aliphatic rings. The first kappa shape index (κ1) is 19.4. The molecule has 0 radical (unpaired) electrons. The molecule has 0 aliphatic heterocycles. The number of nitrogens with one attached hydrogen (secondary N) is 2. The van der Waals surface area contributed by atoms with Crippen LogP contribution in [0.2, 0.25) is 0 Å². The topological polar surface area (TPSA) is 61.4 Å². The summed E-state index contributed by atoms with van der Waals surface area (Å²) in [6, 6.07) is 5.89. The number of benzene rings is 1. The Kier molecular flexibility index (Phi) is 7.00. The van der Waals surface area contributed by atoms with Crippen LogP contribution in [0.1, 0.15) is 50.2 Å². The molecule has 1 unspecified atom stereocenters. The third kappa shape index (κ3) is 6.16. The minimum absolute atomic E-state index is 0.0666. The Morgan fingerprint density at radius 2 is 1.92 bits per heavy atom. The van der Waals surface area contributed by atoms with Crippen LogP contribution >= 0.6 is 0 Å². The Labute approximate surface area is 151 Å². The molecule has 1 fully saturated rings. The van der Waals surface area contributed by atoms with Crippen LogP contribution in [0.3, 0.4) is 0 Å². The highest BCUT2D eigenvalue weighted by Crippen LogP contribution is 2.25. The summed E-state index contributed by atoms with van der Waals surface area (Å²) >= 11 is 0. The fourth-order valence-corrected chi connectivity index (χ4v) is 3.40. The Balaban J connectivity index is 1.89. The van der Waals surface area contributed by atoms with E-state index in [9.17, 15) is 9.59 Å². The standard InChI is InChI=1S/C20H31N3O2/c1-14-9-10-18(17(11-14)13-23(3)4)22-19(24)12-15(2)21-20(25)16-7-5-6-8-16/h9-11,15-16H,5-8,12-13H2,1-4H3,(H,21,25)(H,22,24). The van der Waals surface area contributed by atoms with Crippen molar-refractivity contribution in [2.75, 3.05) is 19.4 Å². The van der Waals surface area contributed by atoms with E-state index in [1.807, 2.05) is 40.1 Å². The molecule has 0 aromatic heterocycles. The summed E-state index contributed by atoms with van der Waals surface area (Å²) in [5.41, 5.74) is 3.12. The zero-order chi connectivity index (χ0) is 18.4. The van der Waals surface area contributed by atoms with Crippen LogP contribution in [-0.4, -0.2) is 36.9 Å². The van der Waals surface area contributed by atoms with Crippen molar-refractivity contribution in [3.8, 4) is 0 Å². The van der Waals surface area contributed by atoms with Crippen molar-refractivity contribution >= 4 is 17.5 Å². The summed E-state index contributed by atoms with van der Waals surface area (Å²) < 4.78 is 0. The van der Waals surface area contributed by atoms with Crippen molar-refractivity contribution in [1.82, 2.24) is 10.2 Å². The predicted octanol–water partition coefficient (Wildman–Crippen LogP) is 3.08. The lowest BCUT2D eigenvalue weighted by Crippen LogP contribution is -2.38. The number of aryl methyl sites for hydroxylation is 1. The lowest BCUT2D eigenvalue weighted by atomic mass is 10.1. The van der Waals surface area contributed by atoms with Gasteiger partial charge in [-0.15, -0.1) is 0 Å². The van der Waals surface area contributed by atoms with E-state index in [2.05, 4.69) is 21.6 Å². The summed E-state index contributed by atoms with van der Waals surface area (Å²) in [4.78, 5) is 26.6. The Hall–Kier alpha value is -1.88. The fraction of sp³-hybridized carbons (Fsp3) is 0.600. The molecule has 0 bridgehead atoms. The van der Waals surface area contributed by atoms with Crippen molar-refractivity contribution in [3.05, 3.63) is 29.3 Å². The number of anilines is 1. The maximum absolute atomic E-state index is 12.4. The lowest BCUT2D eigenvalue weighted by Gasteiger charge is -2.18. The molecule has 1 aromatic carbocycles. The number of nitrogens with zero attached hydrogens (tertiary/aromatic N) is 1. The zero-order valence-electron chi connectivity index (χ0n) is 15.9. The van der Waals surface area contributed by atoms with E-state index in [1.165, 1.54) is 5.56 Å². The highest BCUT2D eigenvalue weighted by molar-refractivity contribution is 5.92. The smallest absolute Gasteiger partial charge is 0.226 e. The molecule has 1 saturated carbocycles. The largest absolute Gasteiger partial charge is 0.353 e. The molecular formula is C20H31N3O2. The van der Waals surface area contributed by atoms with E-state index in [1.54, 1.807) is 0 Å². The van der Waals surface area contributed by atoms with E-state index >= 15 is 0 Å². The van der Waals surface area contributed by atoms with Crippen LogP contribution in [0.15, 0.2) is 18.2 Å². The SMILES string of the molecule is Cc1ccc(NC(=O)CC(C)NC(=O)C2CCCC2)c(CN(C)C)c1. The predicted molar refractivity (Wildman–Crippen MR) is 101 cm³/mol. The van der Waals surface area contributed by atoms with Gasteiger partial charge in [0.1, 0.15) is 0 Å². The first-order valence-electron chi connectivity index (χ1n) is 9.19. The lowest BCUT2D eigenvalue weighted by molar-refractivity contribution is -0.125. The quantitative estimate of drug-likeness (QED) is 0.798. The van der Waals surface area contributed by atoms with Crippen molar-refractivity contribution in [3.63, 3.8) is 0 Å². The number of carbonyl (C=O) groups is 2. The van der Waals surface area contributed by atoms with Crippen LogP contribution in [0.25, 0.3) is 0 Å². The van der Waals surface area contributed by atoms with Crippen LogP contribution in [0, 0.1) is 12.8 Å². The third-order valence-corrected chi connectivity index (χ3v) is 4.63. The minimum Gasteiger partial charge on any atom is -0.353 e. The molecule has 1 atom stereocenters. The maximum Gasteiger partial charge on any atom is 0.226 e. The normalized spacial score (nSPS) is 16.0. The highest BCUT2D eigenvalue weighted by atomic mass is 16.2. The fourth-order valence-electron chi connectivity index (χ4n) is 3.40. The molecule has 0 heterocycles. The number of carbonyl (C=O) groups excluding carboxylic acids is 2. The van der Waals surface area contributed by atoms with Gasteiger partial charge in [0.2, 0.25) is 11.8 Å². The van der Waals surface area contributed by atoms with Crippen LogP contribution in [-0.2, 0) is 16.1 Å². The molecule has 138 valence electrons. The number of rotatable bonds is 7. The Morgan fingerprint density at radius 1 is 1.24 bits per heavy atom. The van der Waals surface area contributed by atoms with Crippen molar-refractivity contribution < 1.29 is 9.59 Å². The monoisotopic (exact) mass is 345 g/mol. The van der Waals surface area contributed by atoms with Gasteiger partial charge in [0.15, 0.2) is 0 Å². The average Bonchev–Trinajstić information content (AvgIpc) is 3.03. The number of hydrogen-bond donors (Lipinski definition) is 2. The van der Waals surface area contributed by atoms with Crippen LogP contribution < -0.4 is 10.6 Å². The van der Waals surface area contributed by atoms with Gasteiger partial charge >= 0.3 is 0 Å². The van der Waals surface area contributed by atoms with Gasteiger partial charge in [-0.05, 0) is 52.4 Å². The molecule has 25 heavy (non-hydrogen) atoms.